The Morgan fingerprint density at radius 2 is 1.85 bits per heavy atom. The van der Waals surface area contributed by atoms with Gasteiger partial charge in [0, 0.05) is 12.4 Å². The van der Waals surface area contributed by atoms with Crippen molar-refractivity contribution in [2.24, 2.45) is 5.14 Å². The highest BCUT2D eigenvalue weighted by Gasteiger charge is 2.11. The fourth-order valence-corrected chi connectivity index (χ4v) is 2.75. The summed E-state index contributed by atoms with van der Waals surface area (Å²) in [6.45, 7) is 0.484. The Morgan fingerprint density at radius 3 is 2.38 bits per heavy atom. The minimum Gasteiger partial charge on any atom is -0.371 e. The zero-order chi connectivity index (χ0) is 18.6. The van der Waals surface area contributed by atoms with Gasteiger partial charge in [-0.3, -0.25) is 5.01 Å². The highest BCUT2D eigenvalue weighted by molar-refractivity contribution is 7.84. The van der Waals surface area contributed by atoms with E-state index in [1.54, 1.807) is 43.0 Å². The van der Waals surface area contributed by atoms with E-state index in [2.05, 4.69) is 15.2 Å². The van der Waals surface area contributed by atoms with Crippen LogP contribution in [-0.4, -0.2) is 18.1 Å². The molecule has 3 rings (SSSR count). The zero-order valence-electron chi connectivity index (χ0n) is 13.6. The number of nitrogens with two attached hydrogens (primary N) is 1. The molecule has 0 spiro atoms. The third kappa shape index (κ3) is 4.38. The van der Waals surface area contributed by atoms with Gasteiger partial charge in [-0.15, -0.1) is 0 Å². The van der Waals surface area contributed by atoms with Gasteiger partial charge in [0.1, 0.15) is 12.1 Å². The van der Waals surface area contributed by atoms with Gasteiger partial charge in [0.2, 0.25) is 0 Å². The highest BCUT2D eigenvalue weighted by atomic mass is 32.2. The smallest absolute Gasteiger partial charge is 0.371 e. The van der Waals surface area contributed by atoms with Crippen molar-refractivity contribution in [1.82, 2.24) is 9.66 Å². The molecular weight excluding hydrogens is 354 g/mol. The van der Waals surface area contributed by atoms with Crippen LogP contribution >= 0.6 is 0 Å². The molecule has 8 nitrogen and oxygen atoms in total. The molecule has 0 bridgehead atoms. The maximum atomic E-state index is 11.0. The lowest BCUT2D eigenvalue weighted by atomic mass is 10.2. The van der Waals surface area contributed by atoms with Gasteiger partial charge >= 0.3 is 10.3 Å². The first-order valence-electron chi connectivity index (χ1n) is 7.52. The van der Waals surface area contributed by atoms with Crippen molar-refractivity contribution in [3.8, 4) is 11.8 Å². The third-order valence-corrected chi connectivity index (χ3v) is 3.96. The molecule has 0 amide bonds. The number of aromatic nitrogens is 2. The molecule has 0 saturated carbocycles. The lowest BCUT2D eigenvalue weighted by Crippen LogP contribution is -2.27. The molecule has 1 aromatic heterocycles. The third-order valence-electron chi connectivity index (χ3n) is 3.53. The fourth-order valence-electron chi connectivity index (χ4n) is 2.37. The first kappa shape index (κ1) is 17.5. The van der Waals surface area contributed by atoms with Crippen molar-refractivity contribution < 1.29 is 12.6 Å². The number of rotatable bonds is 6. The Kier molecular flexibility index (Phi) is 4.88. The molecule has 0 aliphatic rings. The van der Waals surface area contributed by atoms with E-state index in [4.69, 9.17) is 10.4 Å². The van der Waals surface area contributed by atoms with Gasteiger partial charge in [0.25, 0.3) is 0 Å². The average Bonchev–Trinajstić information content (AvgIpc) is 3.14. The zero-order valence-corrected chi connectivity index (χ0v) is 14.4. The van der Waals surface area contributed by atoms with Gasteiger partial charge in [0.05, 0.1) is 23.9 Å². The number of benzene rings is 2. The lowest BCUT2D eigenvalue weighted by molar-refractivity contribution is 0.487. The SMILES string of the molecule is N#Cc1ccc(N(Cc2ccc(OS(N)(=O)=O)cc2)n2ccnc2)cc1. The van der Waals surface area contributed by atoms with Crippen LogP contribution in [0.2, 0.25) is 0 Å². The van der Waals surface area contributed by atoms with Crippen LogP contribution in [0.3, 0.4) is 0 Å². The van der Waals surface area contributed by atoms with E-state index in [0.717, 1.165) is 11.3 Å². The Balaban J connectivity index is 1.85. The minimum absolute atomic E-state index is 0.142. The molecular formula is C17H15N5O3S. The molecule has 26 heavy (non-hydrogen) atoms. The summed E-state index contributed by atoms with van der Waals surface area (Å²) in [6.07, 6.45) is 5.13. The van der Waals surface area contributed by atoms with Gasteiger partial charge < -0.3 is 4.18 Å². The minimum atomic E-state index is -4.05. The number of hydrogen-bond donors (Lipinski definition) is 1. The second kappa shape index (κ2) is 7.26. The fraction of sp³-hybridized carbons (Fsp3) is 0.0588. The molecule has 9 heteroatoms. The Bertz CT molecular complexity index is 1010. The second-order valence-electron chi connectivity index (χ2n) is 5.38. The molecule has 1 heterocycles. The van der Waals surface area contributed by atoms with Crippen molar-refractivity contribution in [2.45, 2.75) is 6.54 Å². The number of nitriles is 1. The van der Waals surface area contributed by atoms with Crippen LogP contribution in [0, 0.1) is 11.3 Å². The van der Waals surface area contributed by atoms with Crippen molar-refractivity contribution >= 4 is 16.0 Å². The topological polar surface area (TPSA) is 114 Å². The molecule has 0 atom stereocenters. The van der Waals surface area contributed by atoms with E-state index in [1.807, 2.05) is 21.8 Å². The van der Waals surface area contributed by atoms with Gasteiger partial charge in [-0.1, -0.05) is 12.1 Å². The Morgan fingerprint density at radius 1 is 1.15 bits per heavy atom. The number of hydrogen-bond acceptors (Lipinski definition) is 6. The molecule has 132 valence electrons. The van der Waals surface area contributed by atoms with Gasteiger partial charge in [-0.25, -0.2) is 9.66 Å². The summed E-state index contributed by atoms with van der Waals surface area (Å²) in [7, 11) is -4.05. The van der Waals surface area contributed by atoms with Crippen LogP contribution in [-0.2, 0) is 16.8 Å². The van der Waals surface area contributed by atoms with E-state index in [1.165, 1.54) is 12.1 Å². The van der Waals surface area contributed by atoms with Crippen molar-refractivity contribution in [3.63, 3.8) is 0 Å². The van der Waals surface area contributed by atoms with Gasteiger partial charge in [-0.2, -0.15) is 18.8 Å². The normalized spacial score (nSPS) is 10.9. The van der Waals surface area contributed by atoms with E-state index < -0.39 is 10.3 Å². The number of nitrogens with zero attached hydrogens (tertiary/aromatic N) is 4. The summed E-state index contributed by atoms with van der Waals surface area (Å²) in [6, 6.07) is 15.8. The summed E-state index contributed by atoms with van der Waals surface area (Å²) in [5.41, 5.74) is 2.35. The van der Waals surface area contributed by atoms with E-state index >= 15 is 0 Å². The molecule has 0 radical (unpaired) electrons. The van der Waals surface area contributed by atoms with E-state index in [0.29, 0.717) is 12.1 Å². The quantitative estimate of drug-likeness (QED) is 0.709. The van der Waals surface area contributed by atoms with Crippen LogP contribution in [0.15, 0.2) is 67.3 Å². The standard InChI is InChI=1S/C17H15N5O3S/c18-11-14-1-5-16(6-2-14)22(21-10-9-20-13-21)12-15-3-7-17(8-4-15)25-26(19,23)24/h1-10,13H,12H2,(H2,19,23,24). The van der Waals surface area contributed by atoms with Crippen LogP contribution in [0.25, 0.3) is 0 Å². The highest BCUT2D eigenvalue weighted by Crippen LogP contribution is 2.21. The second-order valence-corrected chi connectivity index (χ2v) is 6.53. The summed E-state index contributed by atoms with van der Waals surface area (Å²) in [5.74, 6) is 0.142. The monoisotopic (exact) mass is 369 g/mol. The molecule has 0 aliphatic heterocycles. The molecule has 2 N–H and O–H groups in total. The van der Waals surface area contributed by atoms with E-state index in [-0.39, 0.29) is 5.75 Å². The maximum Gasteiger partial charge on any atom is 0.380 e. The molecule has 0 aliphatic carbocycles. The van der Waals surface area contributed by atoms with Crippen molar-refractivity contribution in [2.75, 3.05) is 5.01 Å². The molecule has 0 saturated heterocycles. The number of anilines is 1. The average molecular weight is 369 g/mol. The van der Waals surface area contributed by atoms with Gasteiger partial charge in [-0.05, 0) is 42.0 Å². The van der Waals surface area contributed by atoms with Crippen molar-refractivity contribution in [3.05, 3.63) is 78.4 Å². The maximum absolute atomic E-state index is 11.0. The van der Waals surface area contributed by atoms with Crippen LogP contribution in [0.5, 0.6) is 5.75 Å². The van der Waals surface area contributed by atoms with Crippen LogP contribution in [0.1, 0.15) is 11.1 Å². The summed E-state index contributed by atoms with van der Waals surface area (Å²) >= 11 is 0. The first-order valence-corrected chi connectivity index (χ1v) is 8.99. The van der Waals surface area contributed by atoms with Crippen LogP contribution in [0.4, 0.5) is 5.69 Å². The summed E-state index contributed by atoms with van der Waals surface area (Å²) in [5, 5.41) is 15.8. The van der Waals surface area contributed by atoms with E-state index in [9.17, 15) is 8.42 Å². The predicted molar refractivity (Wildman–Crippen MR) is 95.1 cm³/mol. The number of imidazole rings is 1. The van der Waals surface area contributed by atoms with Crippen LogP contribution < -0.4 is 14.3 Å². The molecule has 0 fully saturated rings. The summed E-state index contributed by atoms with van der Waals surface area (Å²) in [4.78, 5) is 4.07. The summed E-state index contributed by atoms with van der Waals surface area (Å²) < 4.78 is 28.4. The molecule has 3 aromatic rings. The largest absolute Gasteiger partial charge is 0.380 e. The predicted octanol–water partition coefficient (Wildman–Crippen LogP) is 1.81. The Hall–Kier alpha value is -3.35. The molecule has 0 unspecified atom stereocenters. The first-order chi connectivity index (χ1) is 12.4. The van der Waals surface area contributed by atoms with Crippen molar-refractivity contribution in [1.29, 1.82) is 5.26 Å². The van der Waals surface area contributed by atoms with Gasteiger partial charge in [0.15, 0.2) is 0 Å². The Labute approximate surface area is 150 Å². The molecule has 2 aromatic carbocycles. The lowest BCUT2D eigenvalue weighted by Gasteiger charge is -2.25.